The van der Waals surface area contributed by atoms with Crippen LogP contribution in [-0.2, 0) is 19.6 Å². The lowest BCUT2D eigenvalue weighted by molar-refractivity contribution is 0.114. The van der Waals surface area contributed by atoms with E-state index in [9.17, 15) is 0 Å². The van der Waals surface area contributed by atoms with Crippen molar-refractivity contribution in [1.82, 2.24) is 24.4 Å². The SMILES string of the molecule is c1cnc(O[C@@H]2CN(Cc3cccnc3)Cc3cccn3C2)nc1. The van der Waals surface area contributed by atoms with Crippen LogP contribution in [0.5, 0.6) is 6.01 Å². The predicted octanol–water partition coefficient (Wildman–Crippen LogP) is 2.14. The molecule has 0 unspecified atom stereocenters. The number of pyridine rings is 1. The summed E-state index contributed by atoms with van der Waals surface area (Å²) in [6, 6.07) is 10.5. The number of hydrogen-bond acceptors (Lipinski definition) is 5. The van der Waals surface area contributed by atoms with Crippen molar-refractivity contribution < 1.29 is 4.74 Å². The number of fused-ring (bicyclic) bond motifs is 1. The summed E-state index contributed by atoms with van der Waals surface area (Å²) in [5.74, 6) is 0. The van der Waals surface area contributed by atoms with E-state index in [0.717, 1.165) is 26.2 Å². The van der Waals surface area contributed by atoms with Crippen LogP contribution in [-0.4, -0.2) is 37.1 Å². The zero-order chi connectivity index (χ0) is 16.2. The minimum absolute atomic E-state index is 0.00211. The van der Waals surface area contributed by atoms with E-state index in [1.165, 1.54) is 11.3 Å². The first-order valence-electron chi connectivity index (χ1n) is 8.06. The van der Waals surface area contributed by atoms with Gasteiger partial charge in [0.15, 0.2) is 0 Å². The molecule has 24 heavy (non-hydrogen) atoms. The molecule has 3 aromatic heterocycles. The quantitative estimate of drug-likeness (QED) is 0.737. The largest absolute Gasteiger partial charge is 0.457 e. The van der Waals surface area contributed by atoms with Crippen molar-refractivity contribution in [2.75, 3.05) is 6.54 Å². The molecule has 0 aromatic carbocycles. The minimum Gasteiger partial charge on any atom is -0.457 e. The van der Waals surface area contributed by atoms with Gasteiger partial charge in [0, 0.05) is 56.3 Å². The summed E-state index contributed by atoms with van der Waals surface area (Å²) in [7, 11) is 0. The first kappa shape index (κ1) is 14.8. The maximum atomic E-state index is 6.03. The Balaban J connectivity index is 1.54. The molecule has 1 aliphatic rings. The van der Waals surface area contributed by atoms with Crippen molar-refractivity contribution in [3.63, 3.8) is 0 Å². The minimum atomic E-state index is -0.00211. The number of rotatable bonds is 4. The molecule has 0 saturated heterocycles. The van der Waals surface area contributed by atoms with E-state index in [1.807, 2.05) is 12.3 Å². The summed E-state index contributed by atoms with van der Waals surface area (Å²) in [6.07, 6.45) is 9.22. The molecular weight excluding hydrogens is 302 g/mol. The Morgan fingerprint density at radius 2 is 1.96 bits per heavy atom. The van der Waals surface area contributed by atoms with E-state index >= 15 is 0 Å². The Morgan fingerprint density at radius 3 is 2.79 bits per heavy atom. The Labute approximate surface area is 140 Å². The Bertz CT molecular complexity index is 710. The maximum Gasteiger partial charge on any atom is 0.316 e. The molecule has 3 aromatic rings. The van der Waals surface area contributed by atoms with E-state index in [2.05, 4.69) is 48.8 Å². The van der Waals surface area contributed by atoms with Crippen LogP contribution >= 0.6 is 0 Å². The summed E-state index contributed by atoms with van der Waals surface area (Å²) in [5, 5.41) is 0. The molecule has 1 aliphatic heterocycles. The lowest BCUT2D eigenvalue weighted by Gasteiger charge is -2.23. The number of hydrogen-bond donors (Lipinski definition) is 0. The Hall–Kier alpha value is -2.73. The summed E-state index contributed by atoms with van der Waals surface area (Å²) < 4.78 is 8.28. The van der Waals surface area contributed by atoms with Crippen molar-refractivity contribution >= 4 is 0 Å². The van der Waals surface area contributed by atoms with Gasteiger partial charge in [-0.05, 0) is 29.8 Å². The van der Waals surface area contributed by atoms with Crippen molar-refractivity contribution in [3.8, 4) is 6.01 Å². The monoisotopic (exact) mass is 321 g/mol. The smallest absolute Gasteiger partial charge is 0.316 e. The van der Waals surface area contributed by atoms with Crippen molar-refractivity contribution in [3.05, 3.63) is 72.6 Å². The second-order valence-corrected chi connectivity index (χ2v) is 5.95. The molecule has 4 rings (SSSR count). The van der Waals surface area contributed by atoms with Crippen LogP contribution in [0, 0.1) is 0 Å². The molecule has 0 radical (unpaired) electrons. The maximum absolute atomic E-state index is 6.03. The van der Waals surface area contributed by atoms with Crippen LogP contribution in [0.15, 0.2) is 61.3 Å². The van der Waals surface area contributed by atoms with Gasteiger partial charge in [0.25, 0.3) is 0 Å². The average molecular weight is 321 g/mol. The lowest BCUT2D eigenvalue weighted by Crippen LogP contribution is -2.35. The fourth-order valence-corrected chi connectivity index (χ4v) is 3.07. The average Bonchev–Trinajstić information content (AvgIpc) is 2.96. The van der Waals surface area contributed by atoms with Crippen LogP contribution in [0.1, 0.15) is 11.3 Å². The van der Waals surface area contributed by atoms with Crippen molar-refractivity contribution in [2.24, 2.45) is 0 Å². The van der Waals surface area contributed by atoms with Crippen LogP contribution in [0.4, 0.5) is 0 Å². The van der Waals surface area contributed by atoms with Gasteiger partial charge in [-0.1, -0.05) is 6.07 Å². The molecule has 122 valence electrons. The highest BCUT2D eigenvalue weighted by Gasteiger charge is 2.23. The standard InChI is InChI=1S/C18H19N5O/c1-4-15(10-19-6-1)11-22-12-16-5-2-9-23(16)14-17(13-22)24-18-20-7-3-8-21-18/h1-10,17H,11-14H2/t17-/m1/s1. The second kappa shape index (κ2) is 6.80. The molecule has 6 nitrogen and oxygen atoms in total. The van der Waals surface area contributed by atoms with Crippen molar-refractivity contribution in [1.29, 1.82) is 0 Å². The van der Waals surface area contributed by atoms with Crippen molar-refractivity contribution in [2.45, 2.75) is 25.7 Å². The lowest BCUT2D eigenvalue weighted by atomic mass is 10.2. The molecule has 0 aliphatic carbocycles. The molecule has 6 heteroatoms. The van der Waals surface area contributed by atoms with E-state index in [-0.39, 0.29) is 6.10 Å². The molecule has 4 heterocycles. The number of aromatic nitrogens is 4. The van der Waals surface area contributed by atoms with E-state index < -0.39 is 0 Å². The van der Waals surface area contributed by atoms with Gasteiger partial charge in [-0.3, -0.25) is 9.88 Å². The molecule has 0 saturated carbocycles. The highest BCUT2D eigenvalue weighted by molar-refractivity contribution is 5.12. The van der Waals surface area contributed by atoms with Gasteiger partial charge >= 0.3 is 6.01 Å². The third-order valence-electron chi connectivity index (χ3n) is 4.11. The third kappa shape index (κ3) is 3.44. The third-order valence-corrected chi connectivity index (χ3v) is 4.11. The second-order valence-electron chi connectivity index (χ2n) is 5.95. The van der Waals surface area contributed by atoms with E-state index in [1.54, 1.807) is 24.7 Å². The van der Waals surface area contributed by atoms with Gasteiger partial charge < -0.3 is 9.30 Å². The van der Waals surface area contributed by atoms with E-state index in [4.69, 9.17) is 4.74 Å². The first-order chi connectivity index (χ1) is 11.9. The highest BCUT2D eigenvalue weighted by Crippen LogP contribution is 2.18. The molecular formula is C18H19N5O. The van der Waals surface area contributed by atoms with Gasteiger partial charge in [-0.15, -0.1) is 0 Å². The van der Waals surface area contributed by atoms with Gasteiger partial charge in [0.05, 0.1) is 6.54 Å². The molecule has 0 spiro atoms. The number of ether oxygens (including phenoxy) is 1. The summed E-state index contributed by atoms with van der Waals surface area (Å²) >= 11 is 0. The molecule has 0 N–H and O–H groups in total. The van der Waals surface area contributed by atoms with Gasteiger partial charge in [0.1, 0.15) is 6.10 Å². The molecule has 1 atom stereocenters. The van der Waals surface area contributed by atoms with Gasteiger partial charge in [-0.2, -0.15) is 0 Å². The van der Waals surface area contributed by atoms with Crippen LogP contribution in [0.3, 0.4) is 0 Å². The van der Waals surface area contributed by atoms with Crippen LogP contribution in [0.25, 0.3) is 0 Å². The summed E-state index contributed by atoms with van der Waals surface area (Å²) in [4.78, 5) is 15.0. The zero-order valence-corrected chi connectivity index (χ0v) is 13.3. The van der Waals surface area contributed by atoms with Crippen LogP contribution in [0.2, 0.25) is 0 Å². The summed E-state index contributed by atoms with van der Waals surface area (Å²) in [6.45, 7) is 3.34. The first-order valence-corrected chi connectivity index (χ1v) is 8.06. The summed E-state index contributed by atoms with van der Waals surface area (Å²) in [5.41, 5.74) is 2.49. The normalized spacial score (nSPS) is 17.9. The number of nitrogens with zero attached hydrogens (tertiary/aromatic N) is 5. The Morgan fingerprint density at radius 1 is 1.04 bits per heavy atom. The zero-order valence-electron chi connectivity index (χ0n) is 13.3. The highest BCUT2D eigenvalue weighted by atomic mass is 16.5. The van der Waals surface area contributed by atoms with Gasteiger partial charge in [-0.25, -0.2) is 9.97 Å². The fourth-order valence-electron chi connectivity index (χ4n) is 3.07. The molecule has 0 bridgehead atoms. The molecule has 0 amide bonds. The fraction of sp³-hybridized carbons (Fsp3) is 0.278. The Kier molecular flexibility index (Phi) is 4.20. The predicted molar refractivity (Wildman–Crippen MR) is 89.2 cm³/mol. The topological polar surface area (TPSA) is 56.1 Å². The van der Waals surface area contributed by atoms with E-state index in [0.29, 0.717) is 6.01 Å². The van der Waals surface area contributed by atoms with Gasteiger partial charge in [0.2, 0.25) is 0 Å². The van der Waals surface area contributed by atoms with Crippen LogP contribution < -0.4 is 4.74 Å². The molecule has 0 fully saturated rings.